The van der Waals surface area contributed by atoms with Gasteiger partial charge in [-0.15, -0.1) is 0 Å². The Morgan fingerprint density at radius 3 is 2.79 bits per heavy atom. The summed E-state index contributed by atoms with van der Waals surface area (Å²) in [5.74, 6) is 1.37. The van der Waals surface area contributed by atoms with Gasteiger partial charge in [0.05, 0.1) is 13.2 Å². The summed E-state index contributed by atoms with van der Waals surface area (Å²) in [5, 5.41) is 6.47. The Bertz CT molecular complexity index is 318. The lowest BCUT2D eigenvalue weighted by atomic mass is 9.98. The molecule has 2 N–H and O–H groups in total. The van der Waals surface area contributed by atoms with Crippen LogP contribution in [0.25, 0.3) is 0 Å². The molecule has 5 nitrogen and oxygen atoms in total. The fourth-order valence-electron chi connectivity index (χ4n) is 2.31. The average molecular weight is 269 g/mol. The second-order valence-corrected chi connectivity index (χ2v) is 5.09. The van der Waals surface area contributed by atoms with Crippen LogP contribution >= 0.6 is 0 Å². The van der Waals surface area contributed by atoms with Crippen molar-refractivity contribution in [3.05, 3.63) is 0 Å². The van der Waals surface area contributed by atoms with Gasteiger partial charge < -0.3 is 15.4 Å². The highest BCUT2D eigenvalue weighted by molar-refractivity contribution is 5.82. The van der Waals surface area contributed by atoms with Gasteiger partial charge >= 0.3 is 0 Å². The van der Waals surface area contributed by atoms with E-state index >= 15 is 0 Å². The molecule has 0 aromatic heterocycles. The number of nitrogens with one attached hydrogen (secondary N) is 2. The van der Waals surface area contributed by atoms with Crippen LogP contribution in [-0.4, -0.2) is 44.1 Å². The molecule has 0 aromatic carbocycles. The van der Waals surface area contributed by atoms with E-state index in [0.29, 0.717) is 12.3 Å². The SMILES string of the molecule is CCN=C(OC)C(NC[C@@H]1CCC(=O)N1)[C@@H](C)CC. The van der Waals surface area contributed by atoms with Crippen molar-refractivity contribution < 1.29 is 9.53 Å². The Labute approximate surface area is 116 Å². The summed E-state index contributed by atoms with van der Waals surface area (Å²) < 4.78 is 5.41. The Morgan fingerprint density at radius 2 is 2.32 bits per heavy atom. The zero-order valence-electron chi connectivity index (χ0n) is 12.5. The van der Waals surface area contributed by atoms with Crippen LogP contribution < -0.4 is 10.6 Å². The quantitative estimate of drug-likeness (QED) is 0.541. The van der Waals surface area contributed by atoms with Crippen LogP contribution in [0.5, 0.6) is 0 Å². The molecule has 0 radical (unpaired) electrons. The minimum absolute atomic E-state index is 0.118. The number of carbonyl (C=O) groups is 1. The normalized spacial score (nSPS) is 23.1. The Balaban J connectivity index is 2.59. The molecule has 5 heteroatoms. The molecule has 0 aromatic rings. The van der Waals surface area contributed by atoms with E-state index in [4.69, 9.17) is 4.74 Å². The lowest BCUT2D eigenvalue weighted by Crippen LogP contribution is -2.47. The highest BCUT2D eigenvalue weighted by Gasteiger charge is 2.26. The molecule has 1 unspecified atom stereocenters. The molecule has 3 atom stereocenters. The summed E-state index contributed by atoms with van der Waals surface area (Å²) in [4.78, 5) is 15.6. The number of hydrogen-bond acceptors (Lipinski definition) is 4. The van der Waals surface area contributed by atoms with Gasteiger partial charge in [-0.05, 0) is 19.3 Å². The lowest BCUT2D eigenvalue weighted by Gasteiger charge is -2.26. The van der Waals surface area contributed by atoms with Gasteiger partial charge in [0.2, 0.25) is 11.8 Å². The molecular formula is C14H27N3O2. The Morgan fingerprint density at radius 1 is 1.58 bits per heavy atom. The number of carbonyl (C=O) groups excluding carboxylic acids is 1. The van der Waals surface area contributed by atoms with Gasteiger partial charge in [0, 0.05) is 25.6 Å². The van der Waals surface area contributed by atoms with Crippen molar-refractivity contribution in [2.75, 3.05) is 20.2 Å². The Kier molecular flexibility index (Phi) is 6.84. The molecular weight excluding hydrogens is 242 g/mol. The molecule has 1 heterocycles. The number of ether oxygens (including phenoxy) is 1. The van der Waals surface area contributed by atoms with Crippen LogP contribution in [-0.2, 0) is 9.53 Å². The van der Waals surface area contributed by atoms with Crippen LogP contribution in [0, 0.1) is 5.92 Å². The fourth-order valence-corrected chi connectivity index (χ4v) is 2.31. The number of nitrogens with zero attached hydrogens (tertiary/aromatic N) is 1. The number of aliphatic imine (C=N–C) groups is 1. The predicted octanol–water partition coefficient (Wildman–Crippen LogP) is 1.33. The van der Waals surface area contributed by atoms with E-state index in [-0.39, 0.29) is 18.0 Å². The van der Waals surface area contributed by atoms with E-state index in [9.17, 15) is 4.79 Å². The molecule has 0 bridgehead atoms. The van der Waals surface area contributed by atoms with Gasteiger partial charge in [0.15, 0.2) is 0 Å². The number of amides is 1. The van der Waals surface area contributed by atoms with Crippen molar-refractivity contribution in [3.8, 4) is 0 Å². The summed E-state index contributed by atoms with van der Waals surface area (Å²) in [7, 11) is 1.67. The third-order valence-electron chi connectivity index (χ3n) is 3.67. The van der Waals surface area contributed by atoms with Crippen molar-refractivity contribution in [2.24, 2.45) is 10.9 Å². The first-order valence-electron chi connectivity index (χ1n) is 7.23. The van der Waals surface area contributed by atoms with Crippen LogP contribution in [0.3, 0.4) is 0 Å². The lowest BCUT2D eigenvalue weighted by molar-refractivity contribution is -0.119. The van der Waals surface area contributed by atoms with Crippen molar-refractivity contribution >= 4 is 11.8 Å². The van der Waals surface area contributed by atoms with E-state index in [1.165, 1.54) is 0 Å². The summed E-state index contributed by atoms with van der Waals surface area (Å²) in [6.45, 7) is 7.85. The van der Waals surface area contributed by atoms with E-state index in [1.54, 1.807) is 7.11 Å². The van der Waals surface area contributed by atoms with Gasteiger partial charge in [-0.1, -0.05) is 20.3 Å². The van der Waals surface area contributed by atoms with Gasteiger partial charge in [0.1, 0.15) is 0 Å². The first-order valence-corrected chi connectivity index (χ1v) is 7.23. The van der Waals surface area contributed by atoms with Crippen molar-refractivity contribution in [1.82, 2.24) is 10.6 Å². The molecule has 1 fully saturated rings. The molecule has 1 aliphatic rings. The maximum absolute atomic E-state index is 11.2. The van der Waals surface area contributed by atoms with Crippen LogP contribution in [0.15, 0.2) is 4.99 Å². The molecule has 110 valence electrons. The van der Waals surface area contributed by atoms with E-state index in [1.807, 2.05) is 6.92 Å². The third kappa shape index (κ3) is 4.82. The minimum atomic E-state index is 0.118. The maximum Gasteiger partial charge on any atom is 0.220 e. The number of methoxy groups -OCH3 is 1. The topological polar surface area (TPSA) is 62.7 Å². The highest BCUT2D eigenvalue weighted by Crippen LogP contribution is 2.12. The largest absolute Gasteiger partial charge is 0.483 e. The number of rotatable bonds is 7. The van der Waals surface area contributed by atoms with Gasteiger partial charge in [0.25, 0.3) is 0 Å². The third-order valence-corrected chi connectivity index (χ3v) is 3.67. The standard InChI is InChI=1S/C14H27N3O2/c1-5-10(3)13(14(19-4)15-6-2)16-9-11-7-8-12(18)17-11/h10-11,13,16H,5-9H2,1-4H3,(H,17,18)/t10-,11-,13?/m0/s1. The van der Waals surface area contributed by atoms with Gasteiger partial charge in [-0.25, -0.2) is 0 Å². The molecule has 1 saturated heterocycles. The fraction of sp³-hybridized carbons (Fsp3) is 0.857. The van der Waals surface area contributed by atoms with Crippen molar-refractivity contribution in [2.45, 2.75) is 52.1 Å². The number of hydrogen-bond donors (Lipinski definition) is 2. The summed E-state index contributed by atoms with van der Waals surface area (Å²) >= 11 is 0. The molecule has 1 rings (SSSR count). The smallest absolute Gasteiger partial charge is 0.220 e. The summed E-state index contributed by atoms with van der Waals surface area (Å²) in [6, 6.07) is 0.353. The van der Waals surface area contributed by atoms with E-state index < -0.39 is 0 Å². The monoisotopic (exact) mass is 269 g/mol. The molecule has 0 saturated carbocycles. The molecule has 1 aliphatic heterocycles. The van der Waals surface area contributed by atoms with E-state index in [2.05, 4.69) is 29.5 Å². The molecule has 0 aliphatic carbocycles. The van der Waals surface area contributed by atoms with Crippen LogP contribution in [0.1, 0.15) is 40.0 Å². The first-order chi connectivity index (χ1) is 9.12. The molecule has 19 heavy (non-hydrogen) atoms. The Hall–Kier alpha value is -1.10. The predicted molar refractivity (Wildman–Crippen MR) is 77.4 cm³/mol. The van der Waals surface area contributed by atoms with Crippen molar-refractivity contribution in [3.63, 3.8) is 0 Å². The second-order valence-electron chi connectivity index (χ2n) is 5.09. The molecule has 1 amide bonds. The average Bonchev–Trinajstić information content (AvgIpc) is 2.82. The summed E-state index contributed by atoms with van der Waals surface area (Å²) in [6.07, 6.45) is 2.60. The minimum Gasteiger partial charge on any atom is -0.483 e. The highest BCUT2D eigenvalue weighted by atomic mass is 16.5. The van der Waals surface area contributed by atoms with Gasteiger partial charge in [-0.3, -0.25) is 9.79 Å². The maximum atomic E-state index is 11.2. The van der Waals surface area contributed by atoms with Crippen LogP contribution in [0.2, 0.25) is 0 Å². The van der Waals surface area contributed by atoms with Crippen molar-refractivity contribution in [1.29, 1.82) is 0 Å². The summed E-state index contributed by atoms with van der Waals surface area (Å²) in [5.41, 5.74) is 0. The second kappa shape index (κ2) is 8.15. The zero-order chi connectivity index (χ0) is 14.3. The molecule has 0 spiro atoms. The first kappa shape index (κ1) is 16.0. The van der Waals surface area contributed by atoms with Gasteiger partial charge in [-0.2, -0.15) is 0 Å². The van der Waals surface area contributed by atoms with E-state index in [0.717, 1.165) is 31.8 Å². The van der Waals surface area contributed by atoms with Crippen LogP contribution in [0.4, 0.5) is 0 Å². The zero-order valence-corrected chi connectivity index (χ0v) is 12.5.